The third-order valence-corrected chi connectivity index (χ3v) is 9.12. The first kappa shape index (κ1) is 30.2. The van der Waals surface area contributed by atoms with Crippen LogP contribution in [-0.2, 0) is 13.0 Å². The van der Waals surface area contributed by atoms with E-state index in [1.54, 1.807) is 7.11 Å². The number of nitrogens with zero attached hydrogens (tertiary/aromatic N) is 4. The van der Waals surface area contributed by atoms with E-state index in [0.29, 0.717) is 17.6 Å². The van der Waals surface area contributed by atoms with Crippen molar-refractivity contribution >= 4 is 11.6 Å². The number of benzene rings is 2. The van der Waals surface area contributed by atoms with Gasteiger partial charge in [-0.05, 0) is 128 Å². The molecule has 7 nitrogen and oxygen atoms in total. The van der Waals surface area contributed by atoms with Crippen molar-refractivity contribution in [2.24, 2.45) is 5.73 Å². The molecule has 0 aliphatic carbocycles. The topological polar surface area (TPSA) is 84.6 Å². The number of likely N-dealkylation sites (tertiary alicyclic amines) is 1. The Labute approximate surface area is 255 Å². The van der Waals surface area contributed by atoms with Gasteiger partial charge in [0.05, 0.1) is 7.11 Å². The minimum atomic E-state index is -0.377. The SMILES string of the molecule is COc1ccc(N(Cc2cnccc2C)C2CCN([C@H](C)CCc3c(-c4ccncc4)ccc(C(N)=O)c3C)CC2)cc1. The van der Waals surface area contributed by atoms with Crippen molar-refractivity contribution in [2.45, 2.75) is 65.1 Å². The van der Waals surface area contributed by atoms with Gasteiger partial charge in [-0.1, -0.05) is 6.07 Å². The van der Waals surface area contributed by atoms with E-state index >= 15 is 0 Å². The Morgan fingerprint density at radius 3 is 2.35 bits per heavy atom. The Balaban J connectivity index is 1.28. The van der Waals surface area contributed by atoms with Gasteiger partial charge in [0.2, 0.25) is 5.91 Å². The van der Waals surface area contributed by atoms with Crippen LogP contribution in [0.15, 0.2) is 79.4 Å². The molecule has 2 aromatic heterocycles. The van der Waals surface area contributed by atoms with E-state index in [2.05, 4.69) is 51.8 Å². The van der Waals surface area contributed by atoms with Crippen LogP contribution in [0.2, 0.25) is 0 Å². The van der Waals surface area contributed by atoms with Crippen LogP contribution in [0.4, 0.5) is 5.69 Å². The highest BCUT2D eigenvalue weighted by Gasteiger charge is 2.28. The maximum absolute atomic E-state index is 12.2. The molecule has 1 aliphatic rings. The number of hydrogen-bond donors (Lipinski definition) is 1. The molecule has 43 heavy (non-hydrogen) atoms. The molecular formula is C36H43N5O2. The number of aryl methyl sites for hydroxylation is 1. The number of primary amides is 1. The van der Waals surface area contributed by atoms with Crippen LogP contribution in [0.25, 0.3) is 11.1 Å². The summed E-state index contributed by atoms with van der Waals surface area (Å²) in [4.78, 5) is 25.9. The lowest BCUT2D eigenvalue weighted by molar-refractivity contribution is 0.0999. The predicted octanol–water partition coefficient (Wildman–Crippen LogP) is 6.36. The van der Waals surface area contributed by atoms with Crippen molar-refractivity contribution in [1.82, 2.24) is 14.9 Å². The zero-order valence-electron chi connectivity index (χ0n) is 25.8. The van der Waals surface area contributed by atoms with E-state index < -0.39 is 0 Å². The Morgan fingerprint density at radius 1 is 1.00 bits per heavy atom. The maximum Gasteiger partial charge on any atom is 0.248 e. The Kier molecular flexibility index (Phi) is 9.72. The first-order chi connectivity index (χ1) is 20.9. The van der Waals surface area contributed by atoms with Crippen LogP contribution in [0.1, 0.15) is 58.8 Å². The van der Waals surface area contributed by atoms with Gasteiger partial charge >= 0.3 is 0 Å². The maximum atomic E-state index is 12.2. The van der Waals surface area contributed by atoms with E-state index in [1.807, 2.05) is 68.1 Å². The average Bonchev–Trinajstić information content (AvgIpc) is 3.04. The number of rotatable bonds is 11. The van der Waals surface area contributed by atoms with Gasteiger partial charge in [-0.3, -0.25) is 14.8 Å². The van der Waals surface area contributed by atoms with Gasteiger partial charge in [0, 0.05) is 67.8 Å². The van der Waals surface area contributed by atoms with Crippen LogP contribution in [-0.4, -0.2) is 53.1 Å². The highest BCUT2D eigenvalue weighted by Crippen LogP contribution is 2.32. The van der Waals surface area contributed by atoms with Gasteiger partial charge in [-0.2, -0.15) is 0 Å². The van der Waals surface area contributed by atoms with Crippen LogP contribution in [0, 0.1) is 13.8 Å². The van der Waals surface area contributed by atoms with Crippen LogP contribution in [0.3, 0.4) is 0 Å². The van der Waals surface area contributed by atoms with Crippen molar-refractivity contribution in [3.8, 4) is 16.9 Å². The summed E-state index contributed by atoms with van der Waals surface area (Å²) in [7, 11) is 1.71. The number of hydrogen-bond acceptors (Lipinski definition) is 6. The van der Waals surface area contributed by atoms with Crippen LogP contribution in [0.5, 0.6) is 5.75 Å². The predicted molar refractivity (Wildman–Crippen MR) is 173 cm³/mol. The van der Waals surface area contributed by atoms with Crippen molar-refractivity contribution < 1.29 is 9.53 Å². The van der Waals surface area contributed by atoms with Crippen molar-refractivity contribution in [3.05, 3.63) is 107 Å². The lowest BCUT2D eigenvalue weighted by atomic mass is 9.89. The number of ether oxygens (including phenoxy) is 1. The summed E-state index contributed by atoms with van der Waals surface area (Å²) in [6.45, 7) is 9.44. The molecule has 4 aromatic rings. The standard InChI is InChI=1S/C36H43N5O2/c1-25-13-18-39-23-29(25)24-41(30-6-8-32(43-4)9-7-30)31-16-21-40(22-17-31)26(2)5-10-33-27(3)34(36(37)42)11-12-35(33)28-14-19-38-20-15-28/h6-9,11-15,18-20,23,26,31H,5,10,16-17,21-22,24H2,1-4H3,(H2,37,42)/t26-/m1/s1. The molecule has 1 aliphatic heterocycles. The van der Waals surface area contributed by atoms with Gasteiger partial charge in [0.15, 0.2) is 0 Å². The van der Waals surface area contributed by atoms with E-state index in [1.165, 1.54) is 22.4 Å². The minimum absolute atomic E-state index is 0.377. The third kappa shape index (κ3) is 7.05. The molecule has 224 valence electrons. The highest BCUT2D eigenvalue weighted by molar-refractivity contribution is 5.95. The monoisotopic (exact) mass is 577 g/mol. The lowest BCUT2D eigenvalue weighted by Gasteiger charge is -2.42. The molecule has 7 heteroatoms. The quantitative estimate of drug-likeness (QED) is 0.223. The second kappa shape index (κ2) is 13.8. The largest absolute Gasteiger partial charge is 0.497 e. The first-order valence-corrected chi connectivity index (χ1v) is 15.2. The Morgan fingerprint density at radius 2 is 1.70 bits per heavy atom. The summed E-state index contributed by atoms with van der Waals surface area (Å²) in [5, 5.41) is 0. The van der Waals surface area contributed by atoms with E-state index in [9.17, 15) is 4.79 Å². The summed E-state index contributed by atoms with van der Waals surface area (Å²) >= 11 is 0. The zero-order chi connectivity index (χ0) is 30.3. The van der Waals surface area contributed by atoms with Gasteiger partial charge in [-0.15, -0.1) is 0 Å². The molecular weight excluding hydrogens is 534 g/mol. The number of carbonyl (C=O) groups excluding carboxylic acids is 1. The number of amides is 1. The third-order valence-electron chi connectivity index (χ3n) is 9.12. The minimum Gasteiger partial charge on any atom is -0.497 e. The number of nitrogens with two attached hydrogens (primary N) is 1. The van der Waals surface area contributed by atoms with E-state index in [-0.39, 0.29) is 5.91 Å². The van der Waals surface area contributed by atoms with E-state index in [4.69, 9.17) is 10.5 Å². The summed E-state index contributed by atoms with van der Waals surface area (Å²) in [5.41, 5.74) is 14.5. The highest BCUT2D eigenvalue weighted by atomic mass is 16.5. The molecule has 0 saturated carbocycles. The zero-order valence-corrected chi connectivity index (χ0v) is 25.8. The number of aromatic nitrogens is 2. The number of piperidine rings is 1. The molecule has 1 fully saturated rings. The molecule has 5 rings (SSSR count). The lowest BCUT2D eigenvalue weighted by Crippen LogP contribution is -2.47. The van der Waals surface area contributed by atoms with Crippen LogP contribution < -0.4 is 15.4 Å². The van der Waals surface area contributed by atoms with Crippen molar-refractivity contribution in [3.63, 3.8) is 0 Å². The fourth-order valence-electron chi connectivity index (χ4n) is 6.37. The molecule has 0 radical (unpaired) electrons. The summed E-state index contributed by atoms with van der Waals surface area (Å²) in [6, 6.07) is 19.3. The number of carbonyl (C=O) groups is 1. The molecule has 2 aromatic carbocycles. The molecule has 1 amide bonds. The molecule has 0 unspecified atom stereocenters. The number of pyridine rings is 2. The second-order valence-electron chi connectivity index (χ2n) is 11.6. The average molecular weight is 578 g/mol. The van der Waals surface area contributed by atoms with E-state index in [0.717, 1.165) is 67.8 Å². The Hall–Kier alpha value is -4.23. The number of anilines is 1. The summed E-state index contributed by atoms with van der Waals surface area (Å²) in [5.74, 6) is 0.492. The molecule has 0 spiro atoms. The number of methoxy groups -OCH3 is 1. The van der Waals surface area contributed by atoms with Crippen molar-refractivity contribution in [1.29, 1.82) is 0 Å². The molecule has 3 heterocycles. The molecule has 1 saturated heterocycles. The summed E-state index contributed by atoms with van der Waals surface area (Å²) in [6.07, 6.45) is 11.6. The fraction of sp³-hybridized carbons (Fsp3) is 0.361. The summed E-state index contributed by atoms with van der Waals surface area (Å²) < 4.78 is 5.42. The van der Waals surface area contributed by atoms with Crippen LogP contribution >= 0.6 is 0 Å². The van der Waals surface area contributed by atoms with Gasteiger partial charge in [0.25, 0.3) is 0 Å². The van der Waals surface area contributed by atoms with Crippen molar-refractivity contribution in [2.75, 3.05) is 25.1 Å². The van der Waals surface area contributed by atoms with Gasteiger partial charge in [0.1, 0.15) is 5.75 Å². The smallest absolute Gasteiger partial charge is 0.248 e. The first-order valence-electron chi connectivity index (χ1n) is 15.2. The molecule has 0 bridgehead atoms. The van der Waals surface area contributed by atoms with Gasteiger partial charge < -0.3 is 20.3 Å². The molecule has 2 N–H and O–H groups in total. The Bertz CT molecular complexity index is 1510. The second-order valence-corrected chi connectivity index (χ2v) is 11.6. The fourth-order valence-corrected chi connectivity index (χ4v) is 6.37. The van der Waals surface area contributed by atoms with Gasteiger partial charge in [-0.25, -0.2) is 0 Å². The normalized spacial score (nSPS) is 14.8. The molecule has 1 atom stereocenters.